The molecule has 0 fully saturated rings. The van der Waals surface area contributed by atoms with Crippen molar-refractivity contribution in [3.05, 3.63) is 35.9 Å². The van der Waals surface area contributed by atoms with Crippen LogP contribution in [-0.4, -0.2) is 19.0 Å². The second kappa shape index (κ2) is 5.27. The molecule has 3 heteroatoms. The van der Waals surface area contributed by atoms with Gasteiger partial charge in [-0.25, -0.2) is 0 Å². The predicted molar refractivity (Wildman–Crippen MR) is 60.3 cm³/mol. The Morgan fingerprint density at radius 2 is 2.07 bits per heavy atom. The largest absolute Gasteiger partial charge is 0.370 e. The molecule has 0 aliphatic carbocycles. The van der Waals surface area contributed by atoms with Crippen LogP contribution < -0.4 is 11.1 Å². The summed E-state index contributed by atoms with van der Waals surface area (Å²) in [4.78, 5) is 3.85. The number of rotatable bonds is 3. The minimum Gasteiger partial charge on any atom is -0.370 e. The van der Waals surface area contributed by atoms with Crippen LogP contribution in [0.3, 0.4) is 0 Å². The van der Waals surface area contributed by atoms with Gasteiger partial charge in [0.05, 0.1) is 0 Å². The maximum absolute atomic E-state index is 5.57. The maximum Gasteiger partial charge on any atom is 0.188 e. The van der Waals surface area contributed by atoms with Crippen LogP contribution in [0.15, 0.2) is 35.3 Å². The van der Waals surface area contributed by atoms with E-state index in [9.17, 15) is 0 Å². The number of guanidine groups is 1. The molecule has 3 nitrogen and oxygen atoms in total. The summed E-state index contributed by atoms with van der Waals surface area (Å²) in [7, 11) is 1.68. The highest BCUT2D eigenvalue weighted by Gasteiger charge is 2.02. The number of hydrogen-bond acceptors (Lipinski definition) is 1. The Balaban J connectivity index is 2.45. The molecular weight excluding hydrogens is 174 g/mol. The summed E-state index contributed by atoms with van der Waals surface area (Å²) in [6.07, 6.45) is 0.955. The molecule has 0 heterocycles. The summed E-state index contributed by atoms with van der Waals surface area (Å²) in [5.41, 5.74) is 6.87. The van der Waals surface area contributed by atoms with E-state index >= 15 is 0 Å². The lowest BCUT2D eigenvalue weighted by molar-refractivity contribution is 0.656. The molecule has 0 saturated carbocycles. The minimum atomic E-state index is 0.307. The van der Waals surface area contributed by atoms with E-state index in [0.29, 0.717) is 12.0 Å². The predicted octanol–water partition coefficient (Wildman–Crippen LogP) is 1.15. The monoisotopic (exact) mass is 191 g/mol. The van der Waals surface area contributed by atoms with Crippen LogP contribution in [0.4, 0.5) is 0 Å². The number of hydrogen-bond donors (Lipinski definition) is 2. The maximum atomic E-state index is 5.57. The molecule has 0 aliphatic heterocycles. The first kappa shape index (κ1) is 10.6. The minimum absolute atomic E-state index is 0.307. The van der Waals surface area contributed by atoms with Gasteiger partial charge < -0.3 is 11.1 Å². The fourth-order valence-electron chi connectivity index (χ4n) is 1.34. The standard InChI is InChI=1S/C11H17N3/c1-9(14-11(12)13-2)8-10-6-4-3-5-7-10/h3-7,9H,8H2,1-2H3,(H3,12,13,14). The van der Waals surface area contributed by atoms with E-state index in [0.717, 1.165) is 6.42 Å². The fraction of sp³-hybridized carbons (Fsp3) is 0.364. The van der Waals surface area contributed by atoms with Gasteiger partial charge in [-0.2, -0.15) is 0 Å². The lowest BCUT2D eigenvalue weighted by Crippen LogP contribution is -2.39. The summed E-state index contributed by atoms with van der Waals surface area (Å²) < 4.78 is 0. The molecule has 0 radical (unpaired) electrons. The average Bonchev–Trinajstić information content (AvgIpc) is 2.19. The Bertz CT molecular complexity index is 293. The molecule has 0 saturated heterocycles. The van der Waals surface area contributed by atoms with Crippen molar-refractivity contribution >= 4 is 5.96 Å². The molecule has 3 N–H and O–H groups in total. The van der Waals surface area contributed by atoms with Crippen LogP contribution in [0.5, 0.6) is 0 Å². The zero-order valence-electron chi connectivity index (χ0n) is 8.70. The van der Waals surface area contributed by atoms with Gasteiger partial charge in [0.2, 0.25) is 0 Å². The SMILES string of the molecule is CN=C(N)NC(C)Cc1ccccc1. The van der Waals surface area contributed by atoms with Crippen molar-refractivity contribution in [1.29, 1.82) is 0 Å². The van der Waals surface area contributed by atoms with Gasteiger partial charge in [0.25, 0.3) is 0 Å². The molecule has 1 aromatic carbocycles. The molecule has 1 aromatic rings. The lowest BCUT2D eigenvalue weighted by atomic mass is 10.1. The molecular formula is C11H17N3. The molecule has 0 bridgehead atoms. The first-order valence-corrected chi connectivity index (χ1v) is 4.75. The smallest absolute Gasteiger partial charge is 0.188 e. The third-order valence-electron chi connectivity index (χ3n) is 2.02. The zero-order chi connectivity index (χ0) is 10.4. The Morgan fingerprint density at radius 3 is 2.64 bits per heavy atom. The van der Waals surface area contributed by atoms with Crippen LogP contribution in [0.2, 0.25) is 0 Å². The fourth-order valence-corrected chi connectivity index (χ4v) is 1.34. The summed E-state index contributed by atoms with van der Waals surface area (Å²) in [6, 6.07) is 10.6. The van der Waals surface area contributed by atoms with Gasteiger partial charge in [-0.15, -0.1) is 0 Å². The Morgan fingerprint density at radius 1 is 1.43 bits per heavy atom. The normalized spacial score (nSPS) is 13.7. The van der Waals surface area contributed by atoms with Crippen LogP contribution in [0.1, 0.15) is 12.5 Å². The first-order chi connectivity index (χ1) is 6.72. The zero-order valence-corrected chi connectivity index (χ0v) is 8.70. The number of benzene rings is 1. The van der Waals surface area contributed by atoms with Crippen molar-refractivity contribution < 1.29 is 0 Å². The Hall–Kier alpha value is -1.51. The third-order valence-corrected chi connectivity index (χ3v) is 2.02. The van der Waals surface area contributed by atoms with Gasteiger partial charge in [-0.1, -0.05) is 30.3 Å². The van der Waals surface area contributed by atoms with Crippen molar-refractivity contribution in [2.45, 2.75) is 19.4 Å². The molecule has 14 heavy (non-hydrogen) atoms. The van der Waals surface area contributed by atoms with Gasteiger partial charge in [0.15, 0.2) is 5.96 Å². The van der Waals surface area contributed by atoms with Gasteiger partial charge in [0.1, 0.15) is 0 Å². The average molecular weight is 191 g/mol. The van der Waals surface area contributed by atoms with E-state index in [4.69, 9.17) is 5.73 Å². The van der Waals surface area contributed by atoms with Crippen molar-refractivity contribution in [3.63, 3.8) is 0 Å². The molecule has 0 aromatic heterocycles. The highest BCUT2D eigenvalue weighted by molar-refractivity contribution is 5.77. The van der Waals surface area contributed by atoms with Crippen molar-refractivity contribution in [1.82, 2.24) is 5.32 Å². The number of nitrogens with zero attached hydrogens (tertiary/aromatic N) is 1. The molecule has 0 amide bonds. The molecule has 76 valence electrons. The van der Waals surface area contributed by atoms with Gasteiger partial charge in [0, 0.05) is 13.1 Å². The molecule has 1 atom stereocenters. The lowest BCUT2D eigenvalue weighted by Gasteiger charge is -2.13. The van der Waals surface area contributed by atoms with E-state index in [-0.39, 0.29) is 0 Å². The van der Waals surface area contributed by atoms with Gasteiger partial charge in [-0.05, 0) is 18.9 Å². The van der Waals surface area contributed by atoms with E-state index in [1.165, 1.54) is 5.56 Å². The second-order valence-electron chi connectivity index (χ2n) is 3.34. The second-order valence-corrected chi connectivity index (χ2v) is 3.34. The summed E-state index contributed by atoms with van der Waals surface area (Å²) >= 11 is 0. The molecule has 1 rings (SSSR count). The van der Waals surface area contributed by atoms with E-state index in [1.807, 2.05) is 18.2 Å². The van der Waals surface area contributed by atoms with Crippen molar-refractivity contribution in [3.8, 4) is 0 Å². The van der Waals surface area contributed by atoms with Crippen LogP contribution in [-0.2, 0) is 6.42 Å². The Kier molecular flexibility index (Phi) is 3.98. The topological polar surface area (TPSA) is 50.4 Å². The first-order valence-electron chi connectivity index (χ1n) is 4.75. The van der Waals surface area contributed by atoms with Crippen LogP contribution in [0.25, 0.3) is 0 Å². The van der Waals surface area contributed by atoms with Gasteiger partial charge in [-0.3, -0.25) is 4.99 Å². The summed E-state index contributed by atoms with van der Waals surface area (Å²) in [5.74, 6) is 0.494. The quantitative estimate of drug-likeness (QED) is 0.556. The van der Waals surface area contributed by atoms with Crippen LogP contribution in [0, 0.1) is 0 Å². The van der Waals surface area contributed by atoms with E-state index in [2.05, 4.69) is 29.4 Å². The Labute approximate surface area is 85.0 Å². The van der Waals surface area contributed by atoms with E-state index < -0.39 is 0 Å². The number of nitrogens with one attached hydrogen (secondary N) is 1. The van der Waals surface area contributed by atoms with E-state index in [1.54, 1.807) is 7.05 Å². The van der Waals surface area contributed by atoms with Crippen molar-refractivity contribution in [2.75, 3.05) is 7.05 Å². The number of nitrogens with two attached hydrogens (primary N) is 1. The summed E-state index contributed by atoms with van der Waals surface area (Å²) in [6.45, 7) is 2.09. The highest BCUT2D eigenvalue weighted by atomic mass is 15.1. The molecule has 0 spiro atoms. The van der Waals surface area contributed by atoms with Crippen molar-refractivity contribution in [2.24, 2.45) is 10.7 Å². The highest BCUT2D eigenvalue weighted by Crippen LogP contribution is 2.02. The number of aliphatic imine (C=N–C) groups is 1. The third kappa shape index (κ3) is 3.47. The van der Waals surface area contributed by atoms with Crippen LogP contribution >= 0.6 is 0 Å². The van der Waals surface area contributed by atoms with Gasteiger partial charge >= 0.3 is 0 Å². The summed E-state index contributed by atoms with van der Waals surface area (Å²) in [5, 5.41) is 3.11. The molecule has 0 aliphatic rings. The molecule has 1 unspecified atom stereocenters.